The van der Waals surface area contributed by atoms with Crippen LogP contribution < -0.4 is 0 Å². The maximum absolute atomic E-state index is 4.87. The van der Waals surface area contributed by atoms with E-state index in [2.05, 4.69) is 44.2 Å². The molecule has 0 radical (unpaired) electrons. The largest absolute Gasteiger partial charge is 0.301 e. The third-order valence-electron chi connectivity index (χ3n) is 4.38. The lowest BCUT2D eigenvalue weighted by molar-refractivity contribution is 0.337. The minimum Gasteiger partial charge on any atom is -0.301 e. The van der Waals surface area contributed by atoms with Gasteiger partial charge >= 0.3 is 0 Å². The normalized spacial score (nSPS) is 19.5. The monoisotopic (exact) mass is 242 g/mol. The molecule has 3 rings (SSSR count). The van der Waals surface area contributed by atoms with Crippen LogP contribution in [0.25, 0.3) is 5.65 Å². The second-order valence-corrected chi connectivity index (χ2v) is 6.12. The van der Waals surface area contributed by atoms with Crippen molar-refractivity contribution in [2.75, 3.05) is 0 Å². The van der Waals surface area contributed by atoms with Gasteiger partial charge in [0.25, 0.3) is 0 Å². The average Bonchev–Trinajstić information content (AvgIpc) is 2.65. The highest BCUT2D eigenvalue weighted by Gasteiger charge is 2.25. The zero-order chi connectivity index (χ0) is 12.9. The van der Waals surface area contributed by atoms with E-state index < -0.39 is 0 Å². The van der Waals surface area contributed by atoms with Crippen molar-refractivity contribution in [3.8, 4) is 0 Å². The van der Waals surface area contributed by atoms with Gasteiger partial charge in [-0.05, 0) is 62.6 Å². The van der Waals surface area contributed by atoms with Crippen molar-refractivity contribution in [3.05, 3.63) is 34.8 Å². The quantitative estimate of drug-likeness (QED) is 0.745. The molecule has 96 valence electrons. The SMILES string of the molecule is Cc1cc(C)n2c3c(nc2c1)CC(C(C)C)CC3. The van der Waals surface area contributed by atoms with Gasteiger partial charge in [0.2, 0.25) is 0 Å². The minimum absolute atomic E-state index is 0.769. The van der Waals surface area contributed by atoms with E-state index in [-0.39, 0.29) is 0 Å². The molecule has 0 saturated heterocycles. The highest BCUT2D eigenvalue weighted by molar-refractivity contribution is 5.48. The predicted octanol–water partition coefficient (Wildman–Crippen LogP) is 3.71. The van der Waals surface area contributed by atoms with Gasteiger partial charge in [-0.25, -0.2) is 4.98 Å². The Balaban J connectivity index is 2.13. The minimum atomic E-state index is 0.769. The first-order valence-corrected chi connectivity index (χ1v) is 7.03. The van der Waals surface area contributed by atoms with Crippen molar-refractivity contribution in [3.63, 3.8) is 0 Å². The first-order chi connectivity index (χ1) is 8.56. The Morgan fingerprint density at radius 2 is 2.06 bits per heavy atom. The van der Waals surface area contributed by atoms with Gasteiger partial charge in [-0.15, -0.1) is 0 Å². The highest BCUT2D eigenvalue weighted by Crippen LogP contribution is 2.31. The molecule has 0 N–H and O–H groups in total. The lowest BCUT2D eigenvalue weighted by atomic mass is 9.82. The van der Waals surface area contributed by atoms with E-state index in [1.807, 2.05) is 0 Å². The van der Waals surface area contributed by atoms with Crippen LogP contribution in [0.5, 0.6) is 0 Å². The van der Waals surface area contributed by atoms with Crippen molar-refractivity contribution in [2.45, 2.75) is 47.0 Å². The second kappa shape index (κ2) is 4.11. The van der Waals surface area contributed by atoms with Gasteiger partial charge < -0.3 is 4.40 Å². The number of hydrogen-bond acceptors (Lipinski definition) is 1. The van der Waals surface area contributed by atoms with E-state index in [1.54, 1.807) is 0 Å². The number of fused-ring (bicyclic) bond motifs is 3. The van der Waals surface area contributed by atoms with Crippen LogP contribution in [-0.2, 0) is 12.8 Å². The van der Waals surface area contributed by atoms with E-state index in [0.29, 0.717) is 0 Å². The van der Waals surface area contributed by atoms with Crippen molar-refractivity contribution in [2.24, 2.45) is 11.8 Å². The molecule has 0 saturated carbocycles. The summed E-state index contributed by atoms with van der Waals surface area (Å²) in [5, 5.41) is 0. The Bertz CT molecular complexity index is 593. The predicted molar refractivity (Wildman–Crippen MR) is 75.0 cm³/mol. The molecule has 0 amide bonds. The molecule has 2 nitrogen and oxygen atoms in total. The molecular formula is C16H22N2. The second-order valence-electron chi connectivity index (χ2n) is 6.12. The fourth-order valence-corrected chi connectivity index (χ4v) is 3.31. The Kier molecular flexibility index (Phi) is 2.69. The number of aryl methyl sites for hydroxylation is 3. The number of nitrogens with zero attached hydrogens (tertiary/aromatic N) is 2. The van der Waals surface area contributed by atoms with E-state index in [0.717, 1.165) is 23.9 Å². The number of hydrogen-bond donors (Lipinski definition) is 0. The summed E-state index contributed by atoms with van der Waals surface area (Å²) < 4.78 is 2.36. The molecule has 2 aromatic rings. The van der Waals surface area contributed by atoms with Crippen LogP contribution >= 0.6 is 0 Å². The van der Waals surface area contributed by atoms with Crippen molar-refractivity contribution >= 4 is 5.65 Å². The van der Waals surface area contributed by atoms with Gasteiger partial charge in [-0.2, -0.15) is 0 Å². The summed E-state index contributed by atoms with van der Waals surface area (Å²) >= 11 is 0. The third-order valence-corrected chi connectivity index (χ3v) is 4.38. The lowest BCUT2D eigenvalue weighted by Gasteiger charge is -2.25. The molecule has 0 fully saturated rings. The van der Waals surface area contributed by atoms with Crippen molar-refractivity contribution < 1.29 is 0 Å². The number of aromatic nitrogens is 2. The zero-order valence-corrected chi connectivity index (χ0v) is 11.8. The number of rotatable bonds is 1. The van der Waals surface area contributed by atoms with Crippen LogP contribution in [0.1, 0.15) is 42.9 Å². The smallest absolute Gasteiger partial charge is 0.137 e. The van der Waals surface area contributed by atoms with Crippen LogP contribution in [-0.4, -0.2) is 9.38 Å². The van der Waals surface area contributed by atoms with Gasteiger partial charge in [0, 0.05) is 11.4 Å². The van der Waals surface area contributed by atoms with E-state index in [9.17, 15) is 0 Å². The Labute approximate surface area is 109 Å². The van der Waals surface area contributed by atoms with E-state index >= 15 is 0 Å². The summed E-state index contributed by atoms with van der Waals surface area (Å²) in [6, 6.07) is 4.46. The number of pyridine rings is 1. The van der Waals surface area contributed by atoms with E-state index in [4.69, 9.17) is 4.98 Å². The fraction of sp³-hybridized carbons (Fsp3) is 0.562. The molecule has 2 aromatic heterocycles. The van der Waals surface area contributed by atoms with Crippen LogP contribution in [0.15, 0.2) is 12.1 Å². The summed E-state index contributed by atoms with van der Waals surface area (Å²) in [6.45, 7) is 9.01. The molecule has 18 heavy (non-hydrogen) atoms. The molecule has 1 atom stereocenters. The van der Waals surface area contributed by atoms with Gasteiger partial charge in [-0.1, -0.05) is 13.8 Å². The molecule has 0 spiro atoms. The van der Waals surface area contributed by atoms with Crippen molar-refractivity contribution in [1.29, 1.82) is 0 Å². The molecule has 1 aliphatic carbocycles. The van der Waals surface area contributed by atoms with Crippen LogP contribution in [0.3, 0.4) is 0 Å². The van der Waals surface area contributed by atoms with Crippen LogP contribution in [0.2, 0.25) is 0 Å². The molecule has 0 aliphatic heterocycles. The van der Waals surface area contributed by atoms with Gasteiger partial charge in [0.1, 0.15) is 5.65 Å². The van der Waals surface area contributed by atoms with Gasteiger partial charge in [0.15, 0.2) is 0 Å². The average molecular weight is 242 g/mol. The summed E-state index contributed by atoms with van der Waals surface area (Å²) in [4.78, 5) is 4.87. The first kappa shape index (κ1) is 11.8. The Morgan fingerprint density at radius 3 is 2.78 bits per heavy atom. The van der Waals surface area contributed by atoms with E-state index in [1.165, 1.54) is 35.5 Å². The molecule has 0 bridgehead atoms. The van der Waals surface area contributed by atoms with Crippen LogP contribution in [0, 0.1) is 25.7 Å². The highest BCUT2D eigenvalue weighted by atomic mass is 15.0. The maximum Gasteiger partial charge on any atom is 0.137 e. The van der Waals surface area contributed by atoms with Crippen LogP contribution in [0.4, 0.5) is 0 Å². The molecule has 0 aromatic carbocycles. The Hall–Kier alpha value is -1.31. The fourth-order valence-electron chi connectivity index (χ4n) is 3.31. The molecule has 2 heteroatoms. The third kappa shape index (κ3) is 1.75. The van der Waals surface area contributed by atoms with Gasteiger partial charge in [-0.3, -0.25) is 0 Å². The summed E-state index contributed by atoms with van der Waals surface area (Å²) in [5.41, 5.74) is 6.57. The topological polar surface area (TPSA) is 17.3 Å². The van der Waals surface area contributed by atoms with Crippen molar-refractivity contribution in [1.82, 2.24) is 9.38 Å². The molecule has 1 unspecified atom stereocenters. The van der Waals surface area contributed by atoms with Gasteiger partial charge in [0.05, 0.1) is 5.69 Å². The standard InChI is InChI=1S/C16H22N2/c1-10(2)13-5-6-15-14(9-13)17-16-8-11(3)7-12(4)18(15)16/h7-8,10,13H,5-6,9H2,1-4H3. The first-order valence-electron chi connectivity index (χ1n) is 7.03. The molecule has 1 aliphatic rings. The summed E-state index contributed by atoms with van der Waals surface area (Å²) in [6.07, 6.45) is 3.65. The molecular weight excluding hydrogens is 220 g/mol. The maximum atomic E-state index is 4.87. The lowest BCUT2D eigenvalue weighted by Crippen LogP contribution is -2.19. The summed E-state index contributed by atoms with van der Waals surface area (Å²) in [5.74, 6) is 1.58. The Morgan fingerprint density at radius 1 is 1.28 bits per heavy atom. The number of imidazole rings is 1. The molecule has 2 heterocycles. The zero-order valence-electron chi connectivity index (χ0n) is 11.8. The summed E-state index contributed by atoms with van der Waals surface area (Å²) in [7, 11) is 0.